The van der Waals surface area contributed by atoms with E-state index in [0.29, 0.717) is 0 Å². The van der Waals surface area contributed by atoms with Crippen LogP contribution in [0.1, 0.15) is 38.5 Å². The molecule has 0 aromatic rings. The Kier molecular flexibility index (Phi) is 6.74. The molecular formula is C14H19. The van der Waals surface area contributed by atoms with Crippen LogP contribution < -0.4 is 0 Å². The molecule has 0 unspecified atom stereocenters. The van der Waals surface area contributed by atoms with E-state index in [2.05, 4.69) is 36.5 Å². The molecule has 0 bridgehead atoms. The lowest BCUT2D eigenvalue weighted by molar-refractivity contribution is 0.760. The van der Waals surface area contributed by atoms with Gasteiger partial charge in [-0.1, -0.05) is 42.5 Å². The Morgan fingerprint density at radius 2 is 1.50 bits per heavy atom. The lowest BCUT2D eigenvalue weighted by atomic mass is 10.1. The Morgan fingerprint density at radius 1 is 0.714 bits per heavy atom. The van der Waals surface area contributed by atoms with Crippen LogP contribution in [0.15, 0.2) is 42.5 Å². The van der Waals surface area contributed by atoms with Crippen molar-refractivity contribution < 1.29 is 0 Å². The number of hydrogen-bond acceptors (Lipinski definition) is 0. The fraction of sp³-hybridized carbons (Fsp3) is 0.429. The number of hydrogen-bond donors (Lipinski definition) is 0. The number of allylic oxidation sites excluding steroid dienone is 8. The van der Waals surface area contributed by atoms with Crippen molar-refractivity contribution in [3.8, 4) is 0 Å². The molecule has 1 radical (unpaired) electrons. The Bertz CT molecular complexity index is 228. The third kappa shape index (κ3) is 6.47. The molecule has 14 heavy (non-hydrogen) atoms. The van der Waals surface area contributed by atoms with Crippen LogP contribution >= 0.6 is 0 Å². The zero-order chi connectivity index (χ0) is 9.90. The molecule has 0 amide bonds. The maximum atomic E-state index is 3.24. The van der Waals surface area contributed by atoms with Crippen LogP contribution in [0.25, 0.3) is 0 Å². The molecule has 1 aliphatic rings. The number of rotatable bonds is 0. The molecule has 1 rings (SSSR count). The van der Waals surface area contributed by atoms with Gasteiger partial charge in [0.15, 0.2) is 0 Å². The molecule has 0 N–H and O–H groups in total. The summed E-state index contributed by atoms with van der Waals surface area (Å²) < 4.78 is 0. The van der Waals surface area contributed by atoms with Crippen LogP contribution in [0.3, 0.4) is 0 Å². The Balaban J connectivity index is 2.35. The van der Waals surface area contributed by atoms with Crippen LogP contribution in [0.5, 0.6) is 0 Å². The summed E-state index contributed by atoms with van der Waals surface area (Å²) in [4.78, 5) is 0. The summed E-state index contributed by atoms with van der Waals surface area (Å²) >= 11 is 0. The Labute approximate surface area is 87.7 Å². The van der Waals surface area contributed by atoms with E-state index in [4.69, 9.17) is 0 Å². The minimum atomic E-state index is 1.03. The van der Waals surface area contributed by atoms with Gasteiger partial charge in [0.25, 0.3) is 0 Å². The van der Waals surface area contributed by atoms with Crippen molar-refractivity contribution in [1.29, 1.82) is 0 Å². The van der Waals surface area contributed by atoms with Crippen molar-refractivity contribution in [2.75, 3.05) is 0 Å². The van der Waals surface area contributed by atoms with E-state index in [1.165, 1.54) is 25.7 Å². The molecule has 0 fully saturated rings. The third-order valence-electron chi connectivity index (χ3n) is 2.19. The molecule has 0 spiro atoms. The van der Waals surface area contributed by atoms with Crippen LogP contribution in [0.2, 0.25) is 0 Å². The van der Waals surface area contributed by atoms with Gasteiger partial charge in [-0.3, -0.25) is 0 Å². The van der Waals surface area contributed by atoms with Gasteiger partial charge in [-0.25, -0.2) is 0 Å². The van der Waals surface area contributed by atoms with Gasteiger partial charge < -0.3 is 0 Å². The SMILES string of the molecule is [C]1=C/C=C\C=C\CCCC/C=C\CC/1. The topological polar surface area (TPSA) is 0 Å². The second-order valence-electron chi connectivity index (χ2n) is 3.48. The minimum Gasteiger partial charge on any atom is -0.0885 e. The lowest BCUT2D eigenvalue weighted by Crippen LogP contribution is -1.73. The maximum absolute atomic E-state index is 3.24. The van der Waals surface area contributed by atoms with Crippen molar-refractivity contribution in [3.05, 3.63) is 48.6 Å². The van der Waals surface area contributed by atoms with Crippen molar-refractivity contribution in [1.82, 2.24) is 0 Å². The zero-order valence-electron chi connectivity index (χ0n) is 8.78. The van der Waals surface area contributed by atoms with Crippen LogP contribution in [-0.2, 0) is 0 Å². The molecule has 0 saturated heterocycles. The Hall–Kier alpha value is -1.04. The highest BCUT2D eigenvalue weighted by Crippen LogP contribution is 2.03. The summed E-state index contributed by atoms with van der Waals surface area (Å²) in [6.07, 6.45) is 25.5. The average molecular weight is 187 g/mol. The molecule has 0 aromatic heterocycles. The van der Waals surface area contributed by atoms with Gasteiger partial charge in [0.1, 0.15) is 0 Å². The molecule has 1 aliphatic carbocycles. The predicted octanol–water partition coefficient (Wildman–Crippen LogP) is 4.37. The van der Waals surface area contributed by atoms with Gasteiger partial charge in [-0.05, 0) is 44.6 Å². The molecule has 0 atom stereocenters. The fourth-order valence-electron chi connectivity index (χ4n) is 1.37. The van der Waals surface area contributed by atoms with E-state index < -0.39 is 0 Å². The first-order valence-corrected chi connectivity index (χ1v) is 5.53. The van der Waals surface area contributed by atoms with Crippen molar-refractivity contribution >= 4 is 0 Å². The van der Waals surface area contributed by atoms with E-state index in [9.17, 15) is 0 Å². The van der Waals surface area contributed by atoms with E-state index in [1.807, 2.05) is 12.2 Å². The van der Waals surface area contributed by atoms with Crippen molar-refractivity contribution in [3.63, 3.8) is 0 Å². The van der Waals surface area contributed by atoms with Crippen molar-refractivity contribution in [2.24, 2.45) is 0 Å². The highest BCUT2D eigenvalue weighted by Gasteiger charge is 1.83. The maximum Gasteiger partial charge on any atom is -0.0241 e. The van der Waals surface area contributed by atoms with E-state index in [-0.39, 0.29) is 0 Å². The van der Waals surface area contributed by atoms with Gasteiger partial charge in [0.2, 0.25) is 0 Å². The fourth-order valence-corrected chi connectivity index (χ4v) is 1.37. The van der Waals surface area contributed by atoms with E-state index in [0.717, 1.165) is 12.8 Å². The normalized spacial score (nSPS) is 28.6. The molecule has 0 nitrogen and oxygen atoms in total. The first-order valence-electron chi connectivity index (χ1n) is 5.53. The second-order valence-corrected chi connectivity index (χ2v) is 3.48. The van der Waals surface area contributed by atoms with Gasteiger partial charge in [0, 0.05) is 0 Å². The molecule has 0 aliphatic heterocycles. The van der Waals surface area contributed by atoms with Gasteiger partial charge in [-0.15, -0.1) is 0 Å². The highest BCUT2D eigenvalue weighted by molar-refractivity contribution is 5.09. The summed E-state index contributed by atoms with van der Waals surface area (Å²) in [5, 5.41) is 0. The monoisotopic (exact) mass is 187 g/mol. The summed E-state index contributed by atoms with van der Waals surface area (Å²) in [7, 11) is 0. The summed E-state index contributed by atoms with van der Waals surface area (Å²) in [5.74, 6) is 0. The second kappa shape index (κ2) is 8.55. The molecule has 75 valence electrons. The third-order valence-corrected chi connectivity index (χ3v) is 2.19. The zero-order valence-corrected chi connectivity index (χ0v) is 8.78. The predicted molar refractivity (Wildman–Crippen MR) is 62.9 cm³/mol. The standard InChI is InChI=1S/C14H19/c1-2-4-6-8-10-12-14-13-11-9-7-5-3-1/h1-5,13-14H,6,8-12H2/b3-1-,4-2+,7-5?,14-13-. The van der Waals surface area contributed by atoms with E-state index in [1.54, 1.807) is 0 Å². The first-order chi connectivity index (χ1) is 7.00. The van der Waals surface area contributed by atoms with Gasteiger partial charge >= 0.3 is 0 Å². The van der Waals surface area contributed by atoms with E-state index >= 15 is 0 Å². The van der Waals surface area contributed by atoms with Crippen LogP contribution in [0, 0.1) is 6.08 Å². The molecule has 0 saturated carbocycles. The molecular weight excluding hydrogens is 168 g/mol. The minimum absolute atomic E-state index is 1.03. The quantitative estimate of drug-likeness (QED) is 0.494. The highest BCUT2D eigenvalue weighted by atomic mass is 13.9. The molecule has 0 aromatic carbocycles. The summed E-state index contributed by atoms with van der Waals surface area (Å²) in [5.41, 5.74) is 0. The van der Waals surface area contributed by atoms with Gasteiger partial charge in [-0.2, -0.15) is 0 Å². The lowest BCUT2D eigenvalue weighted by Gasteiger charge is -1.93. The smallest absolute Gasteiger partial charge is 0.0241 e. The van der Waals surface area contributed by atoms with Crippen LogP contribution in [0.4, 0.5) is 0 Å². The van der Waals surface area contributed by atoms with Gasteiger partial charge in [0.05, 0.1) is 0 Å². The van der Waals surface area contributed by atoms with Crippen LogP contribution in [-0.4, -0.2) is 0 Å². The Morgan fingerprint density at radius 3 is 2.43 bits per heavy atom. The largest absolute Gasteiger partial charge is 0.0885 e. The average Bonchev–Trinajstić information content (AvgIpc) is 2.22. The summed E-state index contributed by atoms with van der Waals surface area (Å²) in [6.45, 7) is 0. The summed E-state index contributed by atoms with van der Waals surface area (Å²) in [6, 6.07) is 0. The molecule has 0 heterocycles. The van der Waals surface area contributed by atoms with Crippen molar-refractivity contribution in [2.45, 2.75) is 38.5 Å². The molecule has 0 heteroatoms. The first kappa shape index (κ1) is 11.0.